The molecule has 0 radical (unpaired) electrons. The minimum Gasteiger partial charge on any atom is -0.377 e. The molecule has 0 spiro atoms. The number of benzene rings is 2. The van der Waals surface area contributed by atoms with E-state index in [9.17, 15) is 0 Å². The Bertz CT molecular complexity index is 1050. The first-order chi connectivity index (χ1) is 13.3. The Kier molecular flexibility index (Phi) is 5.07. The number of ether oxygens (including phenoxy) is 1. The van der Waals surface area contributed by atoms with Crippen molar-refractivity contribution in [2.24, 2.45) is 0 Å². The minimum atomic E-state index is 0.464. The van der Waals surface area contributed by atoms with Crippen LogP contribution < -0.4 is 0 Å². The van der Waals surface area contributed by atoms with Gasteiger partial charge in [0.25, 0.3) is 5.89 Å². The van der Waals surface area contributed by atoms with Crippen LogP contribution in [0.1, 0.15) is 23.1 Å². The second-order valence-corrected chi connectivity index (χ2v) is 6.14. The highest BCUT2D eigenvalue weighted by atomic mass is 16.5. The number of fused-ring (bicyclic) bond motifs is 1. The number of rotatable bonds is 7. The van der Waals surface area contributed by atoms with Gasteiger partial charge in [0.1, 0.15) is 12.4 Å². The minimum absolute atomic E-state index is 0.464. The molecule has 0 amide bonds. The van der Waals surface area contributed by atoms with Gasteiger partial charge in [0.05, 0.1) is 11.0 Å². The monoisotopic (exact) mass is 360 g/mol. The van der Waals surface area contributed by atoms with Crippen LogP contribution in [-0.2, 0) is 24.3 Å². The topological polar surface area (TPSA) is 66.0 Å². The molecule has 0 fully saturated rings. The quantitative estimate of drug-likeness (QED) is 0.499. The molecule has 0 bridgehead atoms. The molecule has 0 aliphatic carbocycles. The number of aryl methyl sites for hydroxylation is 2. The van der Waals surface area contributed by atoms with E-state index in [0.717, 1.165) is 22.4 Å². The maximum absolute atomic E-state index is 5.32. The fraction of sp³-hybridized carbons (Fsp3) is 0.190. The highest BCUT2D eigenvalue weighted by Gasteiger charge is 2.11. The summed E-state index contributed by atoms with van der Waals surface area (Å²) in [5.74, 6) is 2.07. The van der Waals surface area contributed by atoms with Gasteiger partial charge in [-0.25, -0.2) is 4.98 Å². The molecular weight excluding hydrogens is 340 g/mol. The van der Waals surface area contributed by atoms with E-state index >= 15 is 0 Å². The molecule has 6 heteroatoms. The molecule has 2 aromatic heterocycles. The van der Waals surface area contributed by atoms with Crippen LogP contribution in [0.25, 0.3) is 23.2 Å². The van der Waals surface area contributed by atoms with Crippen molar-refractivity contribution in [3.8, 4) is 0 Å². The molecule has 0 atom stereocenters. The highest BCUT2D eigenvalue weighted by Crippen LogP contribution is 2.17. The summed E-state index contributed by atoms with van der Waals surface area (Å²) in [5, 5.41) is 4.08. The van der Waals surface area contributed by atoms with E-state index in [-0.39, 0.29) is 0 Å². The summed E-state index contributed by atoms with van der Waals surface area (Å²) in [6.45, 7) is 1.17. The second-order valence-electron chi connectivity index (χ2n) is 6.14. The first kappa shape index (κ1) is 17.2. The zero-order valence-electron chi connectivity index (χ0n) is 15.1. The Morgan fingerprint density at radius 1 is 1.00 bits per heavy atom. The molecule has 0 aliphatic rings. The molecule has 0 saturated carbocycles. The Balaban J connectivity index is 1.48. The summed E-state index contributed by atoms with van der Waals surface area (Å²) < 4.78 is 12.8. The molecule has 0 aliphatic heterocycles. The molecule has 6 nitrogen and oxygen atoms in total. The van der Waals surface area contributed by atoms with Gasteiger partial charge < -0.3 is 13.8 Å². The normalized spacial score (nSPS) is 11.6. The lowest BCUT2D eigenvalue weighted by molar-refractivity contribution is 0.174. The van der Waals surface area contributed by atoms with Gasteiger partial charge in [-0.15, -0.1) is 0 Å². The summed E-state index contributed by atoms with van der Waals surface area (Å²) in [5.41, 5.74) is 3.13. The van der Waals surface area contributed by atoms with E-state index in [4.69, 9.17) is 9.26 Å². The molecular formula is C21H20N4O2. The van der Waals surface area contributed by atoms with E-state index in [0.29, 0.717) is 31.3 Å². The van der Waals surface area contributed by atoms with Gasteiger partial charge >= 0.3 is 0 Å². The lowest BCUT2D eigenvalue weighted by atomic mass is 10.2. The number of methoxy groups -OCH3 is 1. The van der Waals surface area contributed by atoms with Crippen LogP contribution in [-0.4, -0.2) is 26.8 Å². The standard InChI is InChI=1S/C21H20N4O2/c1-26-15-20-22-17-9-5-6-10-18(17)25(20)14-13-19-23-21(27-24-19)12-11-16-7-3-2-4-8-16/h2-12H,13-15H2,1H3/b12-11-. The summed E-state index contributed by atoms with van der Waals surface area (Å²) in [4.78, 5) is 9.10. The van der Waals surface area contributed by atoms with Crippen LogP contribution in [0.15, 0.2) is 59.1 Å². The average Bonchev–Trinajstić information content (AvgIpc) is 3.30. The van der Waals surface area contributed by atoms with Crippen molar-refractivity contribution < 1.29 is 9.26 Å². The van der Waals surface area contributed by atoms with E-state index in [1.54, 1.807) is 7.11 Å². The largest absolute Gasteiger partial charge is 0.377 e. The van der Waals surface area contributed by atoms with Crippen LogP contribution in [0.5, 0.6) is 0 Å². The van der Waals surface area contributed by atoms with E-state index in [1.165, 1.54) is 0 Å². The fourth-order valence-corrected chi connectivity index (χ4v) is 2.99. The van der Waals surface area contributed by atoms with E-state index in [2.05, 4.69) is 25.8 Å². The molecule has 4 rings (SSSR count). The third-order valence-corrected chi connectivity index (χ3v) is 4.27. The van der Waals surface area contributed by atoms with Gasteiger partial charge in [-0.3, -0.25) is 0 Å². The van der Waals surface area contributed by atoms with Gasteiger partial charge in [-0.1, -0.05) is 47.6 Å². The summed E-state index contributed by atoms with van der Waals surface area (Å²) >= 11 is 0. The maximum atomic E-state index is 5.32. The van der Waals surface area contributed by atoms with Crippen molar-refractivity contribution in [3.63, 3.8) is 0 Å². The summed E-state index contributed by atoms with van der Waals surface area (Å²) in [6.07, 6.45) is 4.44. The third kappa shape index (κ3) is 3.96. The van der Waals surface area contributed by atoms with Gasteiger partial charge in [-0.05, 0) is 23.8 Å². The van der Waals surface area contributed by atoms with Crippen molar-refractivity contribution in [3.05, 3.63) is 77.7 Å². The molecule has 2 heterocycles. The van der Waals surface area contributed by atoms with Crippen molar-refractivity contribution in [2.45, 2.75) is 19.6 Å². The first-order valence-corrected chi connectivity index (χ1v) is 8.82. The average molecular weight is 360 g/mol. The molecule has 4 aromatic rings. The number of para-hydroxylation sites is 2. The van der Waals surface area contributed by atoms with Crippen molar-refractivity contribution in [1.29, 1.82) is 0 Å². The summed E-state index contributed by atoms with van der Waals surface area (Å²) in [7, 11) is 1.67. The van der Waals surface area contributed by atoms with Crippen LogP contribution in [0, 0.1) is 0 Å². The van der Waals surface area contributed by atoms with Gasteiger partial charge in [0.15, 0.2) is 5.82 Å². The zero-order chi connectivity index (χ0) is 18.5. The number of imidazole rings is 1. The molecule has 136 valence electrons. The molecule has 0 unspecified atom stereocenters. The third-order valence-electron chi connectivity index (χ3n) is 4.27. The molecule has 2 aromatic carbocycles. The van der Waals surface area contributed by atoms with E-state index in [1.807, 2.05) is 60.7 Å². The van der Waals surface area contributed by atoms with Crippen molar-refractivity contribution in [1.82, 2.24) is 19.7 Å². The number of hydrogen-bond donors (Lipinski definition) is 0. The van der Waals surface area contributed by atoms with Gasteiger partial charge in [0.2, 0.25) is 0 Å². The van der Waals surface area contributed by atoms with Crippen molar-refractivity contribution >= 4 is 23.2 Å². The van der Waals surface area contributed by atoms with Crippen molar-refractivity contribution in [2.75, 3.05) is 7.11 Å². The predicted octanol–water partition coefficient (Wildman–Crippen LogP) is 3.98. The Morgan fingerprint density at radius 3 is 2.67 bits per heavy atom. The van der Waals surface area contributed by atoms with Gasteiger partial charge in [0, 0.05) is 26.2 Å². The first-order valence-electron chi connectivity index (χ1n) is 8.82. The van der Waals surface area contributed by atoms with Crippen LogP contribution in [0.3, 0.4) is 0 Å². The van der Waals surface area contributed by atoms with Gasteiger partial charge in [-0.2, -0.15) is 4.98 Å². The molecule has 0 N–H and O–H groups in total. The van der Waals surface area contributed by atoms with Crippen LogP contribution >= 0.6 is 0 Å². The smallest absolute Gasteiger partial charge is 0.250 e. The molecule has 27 heavy (non-hydrogen) atoms. The van der Waals surface area contributed by atoms with E-state index < -0.39 is 0 Å². The molecule has 0 saturated heterocycles. The maximum Gasteiger partial charge on any atom is 0.250 e. The lowest BCUT2D eigenvalue weighted by Crippen LogP contribution is -2.08. The highest BCUT2D eigenvalue weighted by molar-refractivity contribution is 5.75. The predicted molar refractivity (Wildman–Crippen MR) is 104 cm³/mol. The van der Waals surface area contributed by atoms with Crippen LogP contribution in [0.2, 0.25) is 0 Å². The Morgan fingerprint density at radius 2 is 1.81 bits per heavy atom. The number of hydrogen-bond acceptors (Lipinski definition) is 5. The summed E-state index contributed by atoms with van der Waals surface area (Å²) in [6, 6.07) is 18.1. The lowest BCUT2D eigenvalue weighted by Gasteiger charge is -2.06. The Hall–Kier alpha value is -3.25. The number of aromatic nitrogens is 4. The van der Waals surface area contributed by atoms with Crippen LogP contribution in [0.4, 0.5) is 0 Å². The zero-order valence-corrected chi connectivity index (χ0v) is 15.1. The number of nitrogens with zero attached hydrogens (tertiary/aromatic N) is 4. The SMILES string of the molecule is COCc1nc2ccccc2n1CCc1noc(/C=C\c2ccccc2)n1. The Labute approximate surface area is 157 Å². The fourth-order valence-electron chi connectivity index (χ4n) is 2.99. The second kappa shape index (κ2) is 7.97.